The SMILES string of the molecule is CN1CC=C(c2c[nH]c3ccc(Oc4ccccn4)cc23)CC1. The van der Waals surface area contributed by atoms with Gasteiger partial charge in [0.2, 0.25) is 5.88 Å². The molecule has 0 bridgehead atoms. The molecule has 0 aliphatic carbocycles. The first kappa shape index (κ1) is 14.0. The van der Waals surface area contributed by atoms with Crippen LogP contribution in [-0.4, -0.2) is 35.0 Å². The molecule has 0 atom stereocenters. The summed E-state index contributed by atoms with van der Waals surface area (Å²) in [7, 11) is 2.15. The largest absolute Gasteiger partial charge is 0.439 e. The summed E-state index contributed by atoms with van der Waals surface area (Å²) in [6.07, 6.45) is 7.23. The van der Waals surface area contributed by atoms with Crippen molar-refractivity contribution in [3.05, 3.63) is 60.4 Å². The fourth-order valence-corrected chi connectivity index (χ4v) is 2.97. The molecule has 116 valence electrons. The lowest BCUT2D eigenvalue weighted by molar-refractivity contribution is 0.370. The van der Waals surface area contributed by atoms with Crippen LogP contribution < -0.4 is 4.74 Å². The van der Waals surface area contributed by atoms with Crippen LogP contribution in [0.15, 0.2) is 54.9 Å². The van der Waals surface area contributed by atoms with E-state index in [0.29, 0.717) is 5.88 Å². The lowest BCUT2D eigenvalue weighted by Crippen LogP contribution is -2.23. The molecule has 1 aliphatic rings. The van der Waals surface area contributed by atoms with Crippen molar-refractivity contribution in [3.8, 4) is 11.6 Å². The predicted molar refractivity (Wildman–Crippen MR) is 92.7 cm³/mol. The third-order valence-electron chi connectivity index (χ3n) is 4.27. The van der Waals surface area contributed by atoms with E-state index in [0.717, 1.165) is 30.8 Å². The van der Waals surface area contributed by atoms with E-state index in [-0.39, 0.29) is 0 Å². The quantitative estimate of drug-likeness (QED) is 0.793. The van der Waals surface area contributed by atoms with Crippen LogP contribution in [0.5, 0.6) is 11.6 Å². The molecule has 3 aromatic rings. The number of H-pyrrole nitrogens is 1. The van der Waals surface area contributed by atoms with Gasteiger partial charge in [-0.3, -0.25) is 0 Å². The summed E-state index contributed by atoms with van der Waals surface area (Å²) in [4.78, 5) is 9.90. The fourth-order valence-electron chi connectivity index (χ4n) is 2.97. The Morgan fingerprint density at radius 2 is 2.17 bits per heavy atom. The summed E-state index contributed by atoms with van der Waals surface area (Å²) >= 11 is 0. The molecule has 0 fully saturated rings. The van der Waals surface area contributed by atoms with Gasteiger partial charge < -0.3 is 14.6 Å². The Labute approximate surface area is 135 Å². The highest BCUT2D eigenvalue weighted by atomic mass is 16.5. The van der Waals surface area contributed by atoms with Gasteiger partial charge in [-0.05, 0) is 43.3 Å². The molecule has 0 saturated carbocycles. The van der Waals surface area contributed by atoms with Gasteiger partial charge in [-0.1, -0.05) is 12.1 Å². The number of aromatic amines is 1. The van der Waals surface area contributed by atoms with Crippen molar-refractivity contribution in [2.75, 3.05) is 20.1 Å². The van der Waals surface area contributed by atoms with E-state index in [2.05, 4.69) is 46.3 Å². The summed E-state index contributed by atoms with van der Waals surface area (Å²) in [5, 5.41) is 1.20. The van der Waals surface area contributed by atoms with E-state index in [9.17, 15) is 0 Å². The summed E-state index contributed by atoms with van der Waals surface area (Å²) in [5.74, 6) is 1.42. The van der Waals surface area contributed by atoms with Gasteiger partial charge in [0.05, 0.1) is 0 Å². The monoisotopic (exact) mass is 305 g/mol. The number of nitrogens with one attached hydrogen (secondary N) is 1. The minimum absolute atomic E-state index is 0.613. The van der Waals surface area contributed by atoms with Crippen LogP contribution in [0.1, 0.15) is 12.0 Å². The van der Waals surface area contributed by atoms with Crippen LogP contribution in [0.4, 0.5) is 0 Å². The van der Waals surface area contributed by atoms with Crippen LogP contribution in [0.3, 0.4) is 0 Å². The summed E-state index contributed by atoms with van der Waals surface area (Å²) in [6.45, 7) is 2.11. The van der Waals surface area contributed by atoms with E-state index in [1.807, 2.05) is 24.3 Å². The zero-order valence-corrected chi connectivity index (χ0v) is 13.1. The number of hydrogen-bond donors (Lipinski definition) is 1. The highest BCUT2D eigenvalue weighted by Gasteiger charge is 2.14. The fraction of sp³-hybridized carbons (Fsp3) is 0.211. The summed E-state index contributed by atoms with van der Waals surface area (Å²) < 4.78 is 5.86. The molecule has 0 spiro atoms. The van der Waals surface area contributed by atoms with Crippen molar-refractivity contribution in [2.45, 2.75) is 6.42 Å². The number of likely N-dealkylation sites (N-methyl/N-ethyl adjacent to an activating group) is 1. The van der Waals surface area contributed by atoms with Crippen molar-refractivity contribution in [2.24, 2.45) is 0 Å². The van der Waals surface area contributed by atoms with Crippen LogP contribution in [0, 0.1) is 0 Å². The Morgan fingerprint density at radius 1 is 1.22 bits per heavy atom. The number of pyridine rings is 1. The second-order valence-corrected chi connectivity index (χ2v) is 5.92. The molecule has 3 heterocycles. The molecule has 4 nitrogen and oxygen atoms in total. The van der Waals surface area contributed by atoms with Crippen molar-refractivity contribution >= 4 is 16.5 Å². The normalized spacial score (nSPS) is 15.6. The lowest BCUT2D eigenvalue weighted by Gasteiger charge is -2.21. The van der Waals surface area contributed by atoms with Gasteiger partial charge in [0.1, 0.15) is 5.75 Å². The molecule has 2 aromatic heterocycles. The van der Waals surface area contributed by atoms with Crippen molar-refractivity contribution in [1.82, 2.24) is 14.9 Å². The average molecular weight is 305 g/mol. The molecule has 0 radical (unpaired) electrons. The van der Waals surface area contributed by atoms with Crippen molar-refractivity contribution in [3.63, 3.8) is 0 Å². The third kappa shape index (κ3) is 2.85. The zero-order chi connectivity index (χ0) is 15.6. The van der Waals surface area contributed by atoms with E-state index in [4.69, 9.17) is 4.74 Å². The maximum Gasteiger partial charge on any atom is 0.219 e. The van der Waals surface area contributed by atoms with Crippen LogP contribution in [0.25, 0.3) is 16.5 Å². The van der Waals surface area contributed by atoms with Gasteiger partial charge in [0.25, 0.3) is 0 Å². The molecular formula is C19H19N3O. The van der Waals surface area contributed by atoms with E-state index in [1.54, 1.807) is 6.20 Å². The number of benzene rings is 1. The van der Waals surface area contributed by atoms with Crippen LogP contribution in [-0.2, 0) is 0 Å². The molecular weight excluding hydrogens is 286 g/mol. The summed E-state index contributed by atoms with van der Waals surface area (Å²) in [6, 6.07) is 11.8. The first-order valence-electron chi connectivity index (χ1n) is 7.87. The first-order valence-corrected chi connectivity index (χ1v) is 7.87. The second-order valence-electron chi connectivity index (χ2n) is 5.92. The number of nitrogens with zero attached hydrogens (tertiary/aromatic N) is 2. The van der Waals surface area contributed by atoms with Crippen molar-refractivity contribution in [1.29, 1.82) is 0 Å². The van der Waals surface area contributed by atoms with Gasteiger partial charge in [0, 0.05) is 48.0 Å². The van der Waals surface area contributed by atoms with Crippen LogP contribution >= 0.6 is 0 Å². The van der Waals surface area contributed by atoms with E-state index < -0.39 is 0 Å². The van der Waals surface area contributed by atoms with Gasteiger partial charge in [-0.2, -0.15) is 0 Å². The zero-order valence-electron chi connectivity index (χ0n) is 13.1. The van der Waals surface area contributed by atoms with Gasteiger partial charge in [-0.25, -0.2) is 4.98 Å². The first-order chi connectivity index (χ1) is 11.3. The van der Waals surface area contributed by atoms with Crippen molar-refractivity contribution < 1.29 is 4.74 Å². The topological polar surface area (TPSA) is 41.2 Å². The molecule has 1 aliphatic heterocycles. The molecule has 23 heavy (non-hydrogen) atoms. The maximum atomic E-state index is 5.86. The minimum Gasteiger partial charge on any atom is -0.439 e. The second kappa shape index (κ2) is 5.89. The highest BCUT2D eigenvalue weighted by molar-refractivity contribution is 5.93. The smallest absolute Gasteiger partial charge is 0.219 e. The predicted octanol–water partition coefficient (Wildman–Crippen LogP) is 4.07. The Balaban J connectivity index is 1.69. The molecule has 4 rings (SSSR count). The lowest BCUT2D eigenvalue weighted by atomic mass is 9.99. The Kier molecular flexibility index (Phi) is 3.60. The number of fused-ring (bicyclic) bond motifs is 1. The minimum atomic E-state index is 0.613. The maximum absolute atomic E-state index is 5.86. The molecule has 0 amide bonds. The van der Waals surface area contributed by atoms with Gasteiger partial charge in [-0.15, -0.1) is 0 Å². The number of aromatic nitrogens is 2. The van der Waals surface area contributed by atoms with E-state index in [1.165, 1.54) is 16.5 Å². The molecule has 4 heteroatoms. The number of rotatable bonds is 3. The molecule has 1 N–H and O–H groups in total. The molecule has 1 aromatic carbocycles. The van der Waals surface area contributed by atoms with Gasteiger partial charge >= 0.3 is 0 Å². The van der Waals surface area contributed by atoms with Gasteiger partial charge in [0.15, 0.2) is 0 Å². The Bertz CT molecular complexity index is 851. The molecule has 0 unspecified atom stereocenters. The highest BCUT2D eigenvalue weighted by Crippen LogP contribution is 2.32. The van der Waals surface area contributed by atoms with Crippen LogP contribution in [0.2, 0.25) is 0 Å². The van der Waals surface area contributed by atoms with E-state index >= 15 is 0 Å². The Morgan fingerprint density at radius 3 is 2.96 bits per heavy atom. The Hall–Kier alpha value is -2.59. The average Bonchev–Trinajstić information content (AvgIpc) is 3.00. The standard InChI is InChI=1S/C19H19N3O/c1-22-10-7-14(8-11-22)17-13-21-18-6-5-15(12-16(17)18)23-19-4-2-3-9-20-19/h2-7,9,12-13,21H,8,10-11H2,1H3. The molecule has 0 saturated heterocycles. The summed E-state index contributed by atoms with van der Waals surface area (Å²) in [5.41, 5.74) is 3.82. The third-order valence-corrected chi connectivity index (χ3v) is 4.27. The number of hydrogen-bond acceptors (Lipinski definition) is 3. The number of ether oxygens (including phenoxy) is 1.